The summed E-state index contributed by atoms with van der Waals surface area (Å²) in [5.41, 5.74) is 1.13. The van der Waals surface area contributed by atoms with Gasteiger partial charge in [0.2, 0.25) is 0 Å². The highest BCUT2D eigenvalue weighted by molar-refractivity contribution is 7.21. The van der Waals surface area contributed by atoms with E-state index in [0.29, 0.717) is 5.39 Å². The van der Waals surface area contributed by atoms with Crippen molar-refractivity contribution in [1.82, 2.24) is 4.98 Å². The molecule has 1 aliphatic rings. The Morgan fingerprint density at radius 2 is 1.48 bits per heavy atom. The largest absolute Gasteiger partial charge is 0.368 e. The molecule has 0 unspecified atom stereocenters. The van der Waals surface area contributed by atoms with Gasteiger partial charge >= 0.3 is 0 Å². The fourth-order valence-electron chi connectivity index (χ4n) is 2.93. The van der Waals surface area contributed by atoms with Crippen LogP contribution in [-0.2, 0) is 0 Å². The Balaban J connectivity index is 1.56. The van der Waals surface area contributed by atoms with Crippen LogP contribution in [0.5, 0.6) is 0 Å². The van der Waals surface area contributed by atoms with Gasteiger partial charge in [-0.1, -0.05) is 41.7 Å². The van der Waals surface area contributed by atoms with Crippen LogP contribution in [0.4, 0.5) is 10.8 Å². The van der Waals surface area contributed by atoms with Crippen molar-refractivity contribution in [1.29, 1.82) is 0 Å². The predicted molar refractivity (Wildman–Crippen MR) is 96.8 cm³/mol. The molecule has 0 bridgehead atoms. The minimum Gasteiger partial charge on any atom is -0.368 e. The molecule has 0 N–H and O–H groups in total. The monoisotopic (exact) mass is 323 g/mol. The first kappa shape index (κ1) is 14.2. The molecule has 5 heteroatoms. The van der Waals surface area contributed by atoms with E-state index < -0.39 is 0 Å². The van der Waals surface area contributed by atoms with Crippen molar-refractivity contribution in [3.8, 4) is 0 Å². The maximum Gasteiger partial charge on any atom is 0.281 e. The molecule has 3 aromatic rings. The maximum absolute atomic E-state index is 12.2. The van der Waals surface area contributed by atoms with Gasteiger partial charge in [0.15, 0.2) is 5.13 Å². The van der Waals surface area contributed by atoms with E-state index in [4.69, 9.17) is 0 Å². The van der Waals surface area contributed by atoms with E-state index in [1.54, 1.807) is 11.3 Å². The second-order valence-corrected chi connectivity index (χ2v) is 6.62. The van der Waals surface area contributed by atoms with Gasteiger partial charge in [-0.15, -0.1) is 0 Å². The Kier molecular flexibility index (Phi) is 3.71. The molecule has 0 atom stereocenters. The number of hydrogen-bond donors (Lipinski definition) is 0. The summed E-state index contributed by atoms with van der Waals surface area (Å²) in [5, 5.41) is 1.55. The Bertz CT molecular complexity index is 870. The van der Waals surface area contributed by atoms with Crippen LogP contribution in [0.25, 0.3) is 10.1 Å². The maximum atomic E-state index is 12.2. The van der Waals surface area contributed by atoms with E-state index in [0.717, 1.165) is 36.0 Å². The van der Waals surface area contributed by atoms with Gasteiger partial charge < -0.3 is 9.80 Å². The average molecular weight is 323 g/mol. The molecular formula is C18H17N3OS. The third-order valence-electron chi connectivity index (χ3n) is 4.19. The number of para-hydroxylation sites is 1. The molecule has 23 heavy (non-hydrogen) atoms. The van der Waals surface area contributed by atoms with E-state index in [9.17, 15) is 4.79 Å². The third-order valence-corrected chi connectivity index (χ3v) is 5.30. The summed E-state index contributed by atoms with van der Waals surface area (Å²) in [6, 6.07) is 18.1. The number of benzene rings is 2. The molecule has 0 aliphatic carbocycles. The van der Waals surface area contributed by atoms with Crippen molar-refractivity contribution in [3.05, 3.63) is 65.0 Å². The fraction of sp³-hybridized carbons (Fsp3) is 0.222. The Labute approximate surface area is 138 Å². The summed E-state index contributed by atoms with van der Waals surface area (Å²) >= 11 is 1.60. The molecule has 2 heterocycles. The van der Waals surface area contributed by atoms with Crippen LogP contribution in [0.1, 0.15) is 0 Å². The molecule has 1 aliphatic heterocycles. The van der Waals surface area contributed by atoms with E-state index >= 15 is 0 Å². The van der Waals surface area contributed by atoms with E-state index in [1.165, 1.54) is 5.69 Å². The lowest BCUT2D eigenvalue weighted by atomic mass is 10.2. The van der Waals surface area contributed by atoms with Crippen LogP contribution in [0, 0.1) is 0 Å². The van der Waals surface area contributed by atoms with Crippen molar-refractivity contribution < 1.29 is 0 Å². The molecule has 1 aromatic heterocycles. The zero-order chi connectivity index (χ0) is 15.6. The highest BCUT2D eigenvalue weighted by Crippen LogP contribution is 2.25. The first-order valence-corrected chi connectivity index (χ1v) is 8.58. The molecule has 2 aromatic carbocycles. The Morgan fingerprint density at radius 1 is 0.826 bits per heavy atom. The fourth-order valence-corrected chi connectivity index (χ4v) is 3.98. The van der Waals surface area contributed by atoms with Crippen molar-refractivity contribution in [3.63, 3.8) is 0 Å². The molecule has 0 amide bonds. The quantitative estimate of drug-likeness (QED) is 0.726. The van der Waals surface area contributed by atoms with Crippen molar-refractivity contribution >= 4 is 32.2 Å². The highest BCUT2D eigenvalue weighted by Gasteiger charge is 2.19. The summed E-state index contributed by atoms with van der Waals surface area (Å²) in [5.74, 6) is 0. The van der Waals surface area contributed by atoms with Crippen LogP contribution >= 0.6 is 11.3 Å². The zero-order valence-electron chi connectivity index (χ0n) is 12.7. The molecule has 4 nitrogen and oxygen atoms in total. The molecule has 0 saturated carbocycles. The molecule has 116 valence electrons. The number of fused-ring (bicyclic) bond motifs is 1. The summed E-state index contributed by atoms with van der Waals surface area (Å²) < 4.78 is 1.01. The van der Waals surface area contributed by atoms with Gasteiger partial charge in [-0.3, -0.25) is 4.79 Å². The van der Waals surface area contributed by atoms with Gasteiger partial charge in [-0.25, -0.2) is 0 Å². The van der Waals surface area contributed by atoms with Gasteiger partial charge in [0.1, 0.15) is 0 Å². The molecule has 1 fully saturated rings. The van der Waals surface area contributed by atoms with Crippen LogP contribution in [0.2, 0.25) is 0 Å². The summed E-state index contributed by atoms with van der Waals surface area (Å²) in [6.45, 7) is 3.66. The number of piperazine rings is 1. The number of rotatable bonds is 2. The zero-order valence-corrected chi connectivity index (χ0v) is 13.5. The Morgan fingerprint density at radius 3 is 2.26 bits per heavy atom. The lowest BCUT2D eigenvalue weighted by Crippen LogP contribution is -2.46. The molecule has 4 rings (SSSR count). The van der Waals surface area contributed by atoms with Gasteiger partial charge in [0.25, 0.3) is 5.56 Å². The normalized spacial score (nSPS) is 15.1. The van der Waals surface area contributed by atoms with Gasteiger partial charge in [0.05, 0.1) is 5.39 Å². The summed E-state index contributed by atoms with van der Waals surface area (Å²) in [6.07, 6.45) is 0. The highest BCUT2D eigenvalue weighted by atomic mass is 32.1. The Hall–Kier alpha value is -2.40. The predicted octanol–water partition coefficient (Wildman–Crippen LogP) is 2.98. The van der Waals surface area contributed by atoms with E-state index in [2.05, 4.69) is 39.0 Å². The van der Waals surface area contributed by atoms with Gasteiger partial charge in [-0.05, 0) is 24.3 Å². The second kappa shape index (κ2) is 6.01. The standard InChI is InChI=1S/C18H17N3OS/c22-17-15-8-4-5-9-16(15)23-18(19-17)21-12-10-20(11-13-21)14-6-2-1-3-7-14/h1-9H,10-13H2. The minimum absolute atomic E-state index is 0.125. The average Bonchev–Trinajstić information content (AvgIpc) is 2.63. The van der Waals surface area contributed by atoms with Gasteiger partial charge in [0, 0.05) is 36.6 Å². The SMILES string of the molecule is O=c1nc(N2CCN(c3ccccc3)CC2)sc2ccccc12. The lowest BCUT2D eigenvalue weighted by Gasteiger charge is -2.36. The van der Waals surface area contributed by atoms with Crippen LogP contribution in [-0.4, -0.2) is 31.2 Å². The number of nitrogens with zero attached hydrogens (tertiary/aromatic N) is 3. The van der Waals surface area contributed by atoms with Crippen LogP contribution in [0.15, 0.2) is 59.4 Å². The first-order valence-electron chi connectivity index (χ1n) is 7.76. The van der Waals surface area contributed by atoms with Crippen LogP contribution in [0.3, 0.4) is 0 Å². The van der Waals surface area contributed by atoms with Crippen molar-refractivity contribution in [2.24, 2.45) is 0 Å². The van der Waals surface area contributed by atoms with E-state index in [1.807, 2.05) is 30.3 Å². The minimum atomic E-state index is -0.125. The number of aromatic nitrogens is 1. The topological polar surface area (TPSA) is 36.4 Å². The number of anilines is 2. The first-order chi connectivity index (χ1) is 11.3. The lowest BCUT2D eigenvalue weighted by molar-refractivity contribution is 0.651. The van der Waals surface area contributed by atoms with Gasteiger partial charge in [-0.2, -0.15) is 4.98 Å². The molecule has 0 radical (unpaired) electrons. The molecule has 1 saturated heterocycles. The summed E-state index contributed by atoms with van der Waals surface area (Å²) in [4.78, 5) is 21.1. The molecule has 0 spiro atoms. The smallest absolute Gasteiger partial charge is 0.281 e. The molecular weight excluding hydrogens is 306 g/mol. The second-order valence-electron chi connectivity index (χ2n) is 5.61. The summed E-state index contributed by atoms with van der Waals surface area (Å²) in [7, 11) is 0. The van der Waals surface area contributed by atoms with Crippen molar-refractivity contribution in [2.75, 3.05) is 36.0 Å². The van der Waals surface area contributed by atoms with Crippen molar-refractivity contribution in [2.45, 2.75) is 0 Å². The number of hydrogen-bond acceptors (Lipinski definition) is 5. The van der Waals surface area contributed by atoms with Crippen LogP contribution < -0.4 is 15.4 Å². The van der Waals surface area contributed by atoms with E-state index in [-0.39, 0.29) is 5.56 Å². The third kappa shape index (κ3) is 2.80.